The second-order valence-corrected chi connectivity index (χ2v) is 3.80. The highest BCUT2D eigenvalue weighted by Gasteiger charge is 2.11. The van der Waals surface area contributed by atoms with Crippen molar-refractivity contribution in [3.63, 3.8) is 0 Å². The van der Waals surface area contributed by atoms with Gasteiger partial charge in [0.15, 0.2) is 0 Å². The van der Waals surface area contributed by atoms with E-state index in [0.29, 0.717) is 11.5 Å². The van der Waals surface area contributed by atoms with Crippen molar-refractivity contribution in [2.75, 3.05) is 0 Å². The van der Waals surface area contributed by atoms with Crippen molar-refractivity contribution in [2.24, 2.45) is 0 Å². The molecule has 0 heterocycles. The molecule has 0 N–H and O–H groups in total. The highest BCUT2D eigenvalue weighted by molar-refractivity contribution is 7.80. The first-order valence-corrected chi connectivity index (χ1v) is 5.32. The Morgan fingerprint density at radius 2 is 1.76 bits per heavy atom. The minimum Gasteiger partial charge on any atom is -0.457 e. The molecule has 0 amide bonds. The predicted molar refractivity (Wildman–Crippen MR) is 66.9 cm³/mol. The Hall–Kier alpha value is -2.01. The maximum Gasteiger partial charge on any atom is 0.282 e. The molecular weight excluding hydrogens is 238 g/mol. The summed E-state index contributed by atoms with van der Waals surface area (Å²) in [4.78, 5) is 10.4. The van der Waals surface area contributed by atoms with Crippen molar-refractivity contribution in [2.45, 2.75) is 4.90 Å². The lowest BCUT2D eigenvalue weighted by Crippen LogP contribution is -1.90. The number of para-hydroxylation sites is 1. The number of hydrogen-bond donors (Lipinski definition) is 1. The first kappa shape index (κ1) is 11.5. The molecule has 0 spiro atoms. The van der Waals surface area contributed by atoms with Gasteiger partial charge in [0.2, 0.25) is 0 Å². The molecule has 0 atom stereocenters. The van der Waals surface area contributed by atoms with Crippen molar-refractivity contribution < 1.29 is 9.66 Å². The van der Waals surface area contributed by atoms with Crippen molar-refractivity contribution >= 4 is 18.3 Å². The molecule has 0 aromatic heterocycles. The molecule has 2 aromatic rings. The van der Waals surface area contributed by atoms with Crippen LogP contribution in [-0.2, 0) is 0 Å². The third-order valence-corrected chi connectivity index (χ3v) is 2.48. The van der Waals surface area contributed by atoms with Crippen molar-refractivity contribution in [3.05, 3.63) is 58.6 Å². The van der Waals surface area contributed by atoms with Gasteiger partial charge in [0.25, 0.3) is 5.69 Å². The lowest BCUT2D eigenvalue weighted by Gasteiger charge is -2.05. The van der Waals surface area contributed by atoms with Gasteiger partial charge in [-0.15, -0.1) is 12.6 Å². The van der Waals surface area contributed by atoms with E-state index in [1.54, 1.807) is 18.2 Å². The van der Waals surface area contributed by atoms with Gasteiger partial charge in [-0.1, -0.05) is 18.2 Å². The van der Waals surface area contributed by atoms with Gasteiger partial charge in [0, 0.05) is 12.1 Å². The van der Waals surface area contributed by atoms with Crippen molar-refractivity contribution in [3.8, 4) is 11.5 Å². The van der Waals surface area contributed by atoms with Gasteiger partial charge in [0.1, 0.15) is 11.5 Å². The van der Waals surface area contributed by atoms with E-state index in [1.165, 1.54) is 12.1 Å². The molecule has 0 saturated heterocycles. The fourth-order valence-corrected chi connectivity index (χ4v) is 1.63. The number of benzene rings is 2. The molecule has 0 unspecified atom stereocenters. The van der Waals surface area contributed by atoms with E-state index >= 15 is 0 Å². The molecule has 2 aromatic carbocycles. The molecule has 0 fully saturated rings. The normalized spacial score (nSPS) is 9.94. The summed E-state index contributed by atoms with van der Waals surface area (Å²) < 4.78 is 5.52. The molecule has 0 aliphatic carbocycles. The van der Waals surface area contributed by atoms with Crippen LogP contribution in [-0.4, -0.2) is 4.92 Å². The highest BCUT2D eigenvalue weighted by atomic mass is 32.1. The van der Waals surface area contributed by atoms with Crippen LogP contribution in [0.3, 0.4) is 0 Å². The summed E-state index contributed by atoms with van der Waals surface area (Å²) in [5.41, 5.74) is -0.0336. The molecule has 2 rings (SSSR count). The van der Waals surface area contributed by atoms with Gasteiger partial charge in [0.05, 0.1) is 9.82 Å². The summed E-state index contributed by atoms with van der Waals surface area (Å²) in [5, 5.41) is 10.6. The van der Waals surface area contributed by atoms with Crippen molar-refractivity contribution in [1.82, 2.24) is 0 Å². The lowest BCUT2D eigenvalue weighted by molar-refractivity contribution is -0.387. The van der Waals surface area contributed by atoms with Gasteiger partial charge in [-0.05, 0) is 18.2 Å². The molecule has 4 nitrogen and oxygen atoms in total. The van der Waals surface area contributed by atoms with Crippen LogP contribution in [0.15, 0.2) is 53.4 Å². The largest absolute Gasteiger partial charge is 0.457 e. The van der Waals surface area contributed by atoms with Crippen LogP contribution in [0, 0.1) is 10.1 Å². The molecular formula is C12H9NO3S. The quantitative estimate of drug-likeness (QED) is 0.511. The van der Waals surface area contributed by atoms with Gasteiger partial charge >= 0.3 is 0 Å². The van der Waals surface area contributed by atoms with Crippen LogP contribution in [0.25, 0.3) is 0 Å². The smallest absolute Gasteiger partial charge is 0.282 e. The average molecular weight is 247 g/mol. The van der Waals surface area contributed by atoms with E-state index in [1.807, 2.05) is 18.2 Å². The Labute approximate surface area is 103 Å². The number of nitro benzene ring substituents is 1. The number of ether oxygens (including phenoxy) is 1. The summed E-state index contributed by atoms with van der Waals surface area (Å²) in [7, 11) is 0. The molecule has 86 valence electrons. The maximum absolute atomic E-state index is 10.6. The Kier molecular flexibility index (Phi) is 3.30. The number of nitrogens with zero attached hydrogens (tertiary/aromatic N) is 1. The molecule has 0 saturated carbocycles. The Bertz CT molecular complexity index is 543. The zero-order valence-corrected chi connectivity index (χ0v) is 9.63. The SMILES string of the molecule is O=[N+]([O-])c1ccc(Oc2ccccc2)cc1S. The second kappa shape index (κ2) is 4.88. The second-order valence-electron chi connectivity index (χ2n) is 3.32. The van der Waals surface area contributed by atoms with Gasteiger partial charge in [-0.2, -0.15) is 0 Å². The monoisotopic (exact) mass is 247 g/mol. The lowest BCUT2D eigenvalue weighted by atomic mass is 10.3. The average Bonchev–Trinajstić information content (AvgIpc) is 2.30. The fourth-order valence-electron chi connectivity index (χ4n) is 1.35. The van der Waals surface area contributed by atoms with Crippen LogP contribution in [0.1, 0.15) is 0 Å². The first-order chi connectivity index (χ1) is 8.16. The topological polar surface area (TPSA) is 52.4 Å². The number of hydrogen-bond acceptors (Lipinski definition) is 4. The van der Waals surface area contributed by atoms with Gasteiger partial charge in [-0.3, -0.25) is 10.1 Å². The Balaban J connectivity index is 2.24. The molecule has 0 bridgehead atoms. The van der Waals surface area contributed by atoms with E-state index in [9.17, 15) is 10.1 Å². The predicted octanol–water partition coefficient (Wildman–Crippen LogP) is 3.68. The standard InChI is InChI=1S/C12H9NO3S/c14-13(15)11-7-6-10(8-12(11)17)16-9-4-2-1-3-5-9/h1-8,17H. The summed E-state index contributed by atoms with van der Waals surface area (Å²) in [6, 6.07) is 13.6. The Morgan fingerprint density at radius 1 is 1.06 bits per heavy atom. The Morgan fingerprint density at radius 3 is 2.35 bits per heavy atom. The van der Waals surface area contributed by atoms with Gasteiger partial charge in [-0.25, -0.2) is 0 Å². The van der Waals surface area contributed by atoms with E-state index < -0.39 is 4.92 Å². The van der Waals surface area contributed by atoms with Gasteiger partial charge < -0.3 is 4.74 Å². The van der Waals surface area contributed by atoms with Crippen molar-refractivity contribution in [1.29, 1.82) is 0 Å². The first-order valence-electron chi connectivity index (χ1n) is 4.87. The molecule has 0 aliphatic heterocycles. The molecule has 5 heteroatoms. The third kappa shape index (κ3) is 2.76. The minimum atomic E-state index is -0.478. The summed E-state index contributed by atoms with van der Waals surface area (Å²) in [6.07, 6.45) is 0. The van der Waals surface area contributed by atoms with Crippen LogP contribution in [0.5, 0.6) is 11.5 Å². The molecule has 17 heavy (non-hydrogen) atoms. The number of rotatable bonds is 3. The number of thiol groups is 1. The van der Waals surface area contributed by atoms with E-state index in [4.69, 9.17) is 4.74 Å². The van der Waals surface area contributed by atoms with Crippen LogP contribution < -0.4 is 4.74 Å². The van der Waals surface area contributed by atoms with Crippen LogP contribution >= 0.6 is 12.6 Å². The fraction of sp³-hybridized carbons (Fsp3) is 0. The third-order valence-electron chi connectivity index (χ3n) is 2.12. The summed E-state index contributed by atoms with van der Waals surface area (Å²) in [5.74, 6) is 1.20. The van der Waals surface area contributed by atoms with E-state index in [0.717, 1.165) is 0 Å². The van der Waals surface area contributed by atoms with E-state index in [2.05, 4.69) is 12.6 Å². The maximum atomic E-state index is 10.6. The summed E-state index contributed by atoms with van der Waals surface area (Å²) >= 11 is 4.05. The highest BCUT2D eigenvalue weighted by Crippen LogP contribution is 2.29. The molecule has 0 aliphatic rings. The zero-order valence-electron chi connectivity index (χ0n) is 8.74. The van der Waals surface area contributed by atoms with Crippen LogP contribution in [0.2, 0.25) is 0 Å². The van der Waals surface area contributed by atoms with Crippen LogP contribution in [0.4, 0.5) is 5.69 Å². The zero-order chi connectivity index (χ0) is 12.3. The number of nitro groups is 1. The minimum absolute atomic E-state index is 0.0336. The molecule has 0 radical (unpaired) electrons. The summed E-state index contributed by atoms with van der Waals surface area (Å²) in [6.45, 7) is 0. The van der Waals surface area contributed by atoms with E-state index in [-0.39, 0.29) is 10.6 Å².